The summed E-state index contributed by atoms with van der Waals surface area (Å²) in [6.07, 6.45) is 13.5. The first kappa shape index (κ1) is 19.9. The van der Waals surface area contributed by atoms with Gasteiger partial charge in [0.15, 0.2) is 0 Å². The Morgan fingerprint density at radius 2 is 1.55 bits per heavy atom. The minimum Gasteiger partial charge on any atom is -0.462 e. The maximum absolute atomic E-state index is 11.8. The van der Waals surface area contributed by atoms with Crippen molar-refractivity contribution in [1.29, 1.82) is 0 Å². The number of alkyl halides is 1. The van der Waals surface area contributed by atoms with E-state index in [9.17, 15) is 4.79 Å². The van der Waals surface area contributed by atoms with E-state index >= 15 is 0 Å². The van der Waals surface area contributed by atoms with E-state index < -0.39 is 0 Å². The second-order valence-electron chi connectivity index (χ2n) is 5.60. The second-order valence-corrected chi connectivity index (χ2v) is 6.40. The van der Waals surface area contributed by atoms with Crippen molar-refractivity contribution < 1.29 is 9.53 Å². The number of halogens is 1. The third kappa shape index (κ3) is 13.0. The van der Waals surface area contributed by atoms with Gasteiger partial charge in [0.25, 0.3) is 0 Å². The number of esters is 1. The van der Waals surface area contributed by atoms with E-state index in [1.165, 1.54) is 32.1 Å². The van der Waals surface area contributed by atoms with Gasteiger partial charge in [-0.3, -0.25) is 4.79 Å². The van der Waals surface area contributed by atoms with Gasteiger partial charge in [0.05, 0.1) is 0 Å². The summed E-state index contributed by atoms with van der Waals surface area (Å²) < 4.78 is 5.59. The van der Waals surface area contributed by atoms with E-state index in [-0.39, 0.29) is 12.1 Å². The molecule has 0 aromatic rings. The molecule has 0 saturated carbocycles. The number of hydrogen-bond acceptors (Lipinski definition) is 2. The molecule has 0 rings (SSSR count). The minimum absolute atomic E-state index is 0.0139. The lowest BCUT2D eigenvalue weighted by Gasteiger charge is -2.17. The van der Waals surface area contributed by atoms with Crippen molar-refractivity contribution in [3.05, 3.63) is 0 Å². The fourth-order valence-electron chi connectivity index (χ4n) is 2.33. The number of ether oxygens (including phenoxy) is 1. The molecular formula is C17H33BrO2. The molecule has 0 N–H and O–H groups in total. The Morgan fingerprint density at radius 3 is 2.15 bits per heavy atom. The van der Waals surface area contributed by atoms with Crippen LogP contribution in [0.25, 0.3) is 0 Å². The normalized spacial score (nSPS) is 12.3. The summed E-state index contributed by atoms with van der Waals surface area (Å²) in [5.74, 6) is 0.0139. The molecule has 0 fully saturated rings. The first-order valence-electron chi connectivity index (χ1n) is 8.50. The largest absolute Gasteiger partial charge is 0.462 e. The molecule has 0 bridgehead atoms. The van der Waals surface area contributed by atoms with Crippen molar-refractivity contribution >= 4 is 21.9 Å². The van der Waals surface area contributed by atoms with Gasteiger partial charge >= 0.3 is 5.97 Å². The lowest BCUT2D eigenvalue weighted by atomic mass is 10.1. The topological polar surface area (TPSA) is 26.3 Å². The van der Waals surface area contributed by atoms with Gasteiger partial charge in [-0.1, -0.05) is 74.7 Å². The predicted molar refractivity (Wildman–Crippen MR) is 90.4 cm³/mol. The first-order chi connectivity index (χ1) is 9.74. The van der Waals surface area contributed by atoms with Gasteiger partial charge < -0.3 is 4.74 Å². The smallest absolute Gasteiger partial charge is 0.306 e. The van der Waals surface area contributed by atoms with Crippen LogP contribution in [0.1, 0.15) is 90.9 Å². The fourth-order valence-corrected chi connectivity index (χ4v) is 2.73. The molecule has 3 heteroatoms. The van der Waals surface area contributed by atoms with Gasteiger partial charge in [0, 0.05) is 11.8 Å². The molecule has 0 aromatic carbocycles. The van der Waals surface area contributed by atoms with Crippen molar-refractivity contribution in [2.75, 3.05) is 5.33 Å². The monoisotopic (exact) mass is 348 g/mol. The van der Waals surface area contributed by atoms with Crippen LogP contribution in [0, 0.1) is 0 Å². The molecule has 1 unspecified atom stereocenters. The van der Waals surface area contributed by atoms with Gasteiger partial charge in [-0.25, -0.2) is 0 Å². The summed E-state index contributed by atoms with van der Waals surface area (Å²) >= 11 is 3.44. The molecule has 0 saturated heterocycles. The number of rotatable bonds is 14. The van der Waals surface area contributed by atoms with E-state index in [4.69, 9.17) is 4.74 Å². The Morgan fingerprint density at radius 1 is 0.900 bits per heavy atom. The molecule has 20 heavy (non-hydrogen) atoms. The van der Waals surface area contributed by atoms with Gasteiger partial charge in [0.2, 0.25) is 0 Å². The van der Waals surface area contributed by atoms with Crippen molar-refractivity contribution in [1.82, 2.24) is 0 Å². The molecule has 0 spiro atoms. The standard InChI is InChI=1S/C17H33BrO2/c1-3-5-13-16(12-4-2)20-17(19)14-10-8-6-7-9-11-15-18/h16H,3-15H2,1-2H3. The lowest BCUT2D eigenvalue weighted by Crippen LogP contribution is -2.18. The van der Waals surface area contributed by atoms with Crippen molar-refractivity contribution in [3.63, 3.8) is 0 Å². The van der Waals surface area contributed by atoms with Gasteiger partial charge in [-0.05, 0) is 25.7 Å². The van der Waals surface area contributed by atoms with Crippen LogP contribution >= 0.6 is 15.9 Å². The van der Waals surface area contributed by atoms with Crippen LogP contribution in [0.15, 0.2) is 0 Å². The summed E-state index contributed by atoms with van der Waals surface area (Å²) in [7, 11) is 0. The summed E-state index contributed by atoms with van der Waals surface area (Å²) in [5, 5.41) is 1.11. The summed E-state index contributed by atoms with van der Waals surface area (Å²) in [6, 6.07) is 0. The number of carbonyl (C=O) groups excluding carboxylic acids is 1. The molecule has 2 nitrogen and oxygen atoms in total. The molecule has 0 amide bonds. The average molecular weight is 349 g/mol. The highest BCUT2D eigenvalue weighted by Gasteiger charge is 2.12. The maximum Gasteiger partial charge on any atom is 0.306 e. The van der Waals surface area contributed by atoms with Crippen LogP contribution in [0.4, 0.5) is 0 Å². The van der Waals surface area contributed by atoms with Crippen LogP contribution in [0.2, 0.25) is 0 Å². The van der Waals surface area contributed by atoms with E-state index in [2.05, 4.69) is 29.8 Å². The molecule has 0 aromatic heterocycles. The molecule has 120 valence electrons. The van der Waals surface area contributed by atoms with E-state index in [0.29, 0.717) is 6.42 Å². The number of unbranched alkanes of at least 4 members (excludes halogenated alkanes) is 6. The second kappa shape index (κ2) is 15.3. The zero-order chi connectivity index (χ0) is 15.1. The zero-order valence-corrected chi connectivity index (χ0v) is 15.1. The zero-order valence-electron chi connectivity index (χ0n) is 13.5. The third-order valence-corrected chi connectivity index (χ3v) is 4.11. The quantitative estimate of drug-likeness (QED) is 0.218. The summed E-state index contributed by atoms with van der Waals surface area (Å²) in [6.45, 7) is 4.33. The fraction of sp³-hybridized carbons (Fsp3) is 0.941. The van der Waals surface area contributed by atoms with Crippen molar-refractivity contribution in [3.8, 4) is 0 Å². The van der Waals surface area contributed by atoms with Crippen LogP contribution < -0.4 is 0 Å². The van der Waals surface area contributed by atoms with E-state index in [1.54, 1.807) is 0 Å². The maximum atomic E-state index is 11.8. The van der Waals surface area contributed by atoms with E-state index in [1.807, 2.05) is 0 Å². The molecule has 0 radical (unpaired) electrons. The minimum atomic E-state index is 0.0139. The molecule has 0 aliphatic heterocycles. The molecule has 0 aliphatic rings. The van der Waals surface area contributed by atoms with Crippen LogP contribution in [-0.2, 0) is 9.53 Å². The first-order valence-corrected chi connectivity index (χ1v) is 9.62. The highest BCUT2D eigenvalue weighted by Crippen LogP contribution is 2.14. The molecule has 1 atom stereocenters. The Balaban J connectivity index is 3.58. The SMILES string of the molecule is CCCCC(CCC)OC(=O)CCCCCCCCBr. The highest BCUT2D eigenvalue weighted by molar-refractivity contribution is 9.09. The van der Waals surface area contributed by atoms with Crippen molar-refractivity contribution in [2.24, 2.45) is 0 Å². The van der Waals surface area contributed by atoms with Crippen LogP contribution in [0.3, 0.4) is 0 Å². The van der Waals surface area contributed by atoms with Gasteiger partial charge in [-0.2, -0.15) is 0 Å². The molecular weight excluding hydrogens is 316 g/mol. The van der Waals surface area contributed by atoms with Crippen LogP contribution in [0.5, 0.6) is 0 Å². The Kier molecular flexibility index (Phi) is 15.3. The van der Waals surface area contributed by atoms with Gasteiger partial charge in [0.1, 0.15) is 6.10 Å². The summed E-state index contributed by atoms with van der Waals surface area (Å²) in [5.41, 5.74) is 0. The molecule has 0 aliphatic carbocycles. The van der Waals surface area contributed by atoms with Crippen LogP contribution in [-0.4, -0.2) is 17.4 Å². The van der Waals surface area contributed by atoms with Crippen molar-refractivity contribution in [2.45, 2.75) is 97.0 Å². The lowest BCUT2D eigenvalue weighted by molar-refractivity contribution is -0.150. The third-order valence-electron chi connectivity index (χ3n) is 3.55. The Hall–Kier alpha value is -0.0500. The Labute approximate surface area is 134 Å². The van der Waals surface area contributed by atoms with E-state index in [0.717, 1.165) is 43.9 Å². The van der Waals surface area contributed by atoms with Gasteiger partial charge in [-0.15, -0.1) is 0 Å². The number of carbonyl (C=O) groups is 1. The summed E-state index contributed by atoms with van der Waals surface area (Å²) in [4.78, 5) is 11.8. The number of hydrogen-bond donors (Lipinski definition) is 0. The molecule has 0 heterocycles. The Bertz CT molecular complexity index is 219. The highest BCUT2D eigenvalue weighted by atomic mass is 79.9. The predicted octanol–water partition coefficient (Wildman–Crippen LogP) is 6.01. The average Bonchev–Trinajstić information content (AvgIpc) is 2.44.